The molecule has 0 bridgehead atoms. The Morgan fingerprint density at radius 3 is 2.95 bits per heavy atom. The van der Waals surface area contributed by atoms with E-state index in [2.05, 4.69) is 10.3 Å². The van der Waals surface area contributed by atoms with Crippen molar-refractivity contribution in [3.05, 3.63) is 52.2 Å². The van der Waals surface area contributed by atoms with Crippen LogP contribution in [0.3, 0.4) is 0 Å². The molecule has 0 spiro atoms. The first-order chi connectivity index (χ1) is 9.15. The molecule has 7 nitrogen and oxygen atoms in total. The highest BCUT2D eigenvalue weighted by atomic mass is 16.6. The minimum absolute atomic E-state index is 0.118. The molecule has 1 N–H and O–H groups in total. The molecule has 1 aromatic carbocycles. The van der Waals surface area contributed by atoms with E-state index >= 15 is 0 Å². The summed E-state index contributed by atoms with van der Waals surface area (Å²) in [6, 6.07) is 7.15. The number of rotatable bonds is 1. The van der Waals surface area contributed by atoms with Crippen LogP contribution in [-0.4, -0.2) is 15.8 Å². The molecule has 0 aliphatic carbocycles. The number of fused-ring (bicyclic) bond motifs is 2. The van der Waals surface area contributed by atoms with Gasteiger partial charge in [-0.3, -0.25) is 14.9 Å². The van der Waals surface area contributed by atoms with Gasteiger partial charge in [0.1, 0.15) is 5.56 Å². The third-order valence-corrected chi connectivity index (χ3v) is 2.65. The maximum absolute atomic E-state index is 11.9. The normalized spacial score (nSPS) is 12.5. The van der Waals surface area contributed by atoms with Gasteiger partial charge in [0.05, 0.1) is 16.7 Å². The molecule has 19 heavy (non-hydrogen) atoms. The van der Waals surface area contributed by atoms with Crippen molar-refractivity contribution >= 4 is 17.3 Å². The van der Waals surface area contributed by atoms with Gasteiger partial charge >= 0.3 is 0 Å². The summed E-state index contributed by atoms with van der Waals surface area (Å²) in [6.45, 7) is 0. The number of pyridine rings is 1. The van der Waals surface area contributed by atoms with Crippen LogP contribution in [0.25, 0.3) is 0 Å². The Morgan fingerprint density at radius 2 is 2.16 bits per heavy atom. The van der Waals surface area contributed by atoms with Crippen molar-refractivity contribution in [2.45, 2.75) is 0 Å². The number of nitrogens with zero attached hydrogens (tertiary/aromatic N) is 2. The lowest BCUT2D eigenvalue weighted by molar-refractivity contribution is -0.384. The van der Waals surface area contributed by atoms with Crippen LogP contribution < -0.4 is 10.1 Å². The first-order valence-electron chi connectivity index (χ1n) is 5.38. The lowest BCUT2D eigenvalue weighted by Crippen LogP contribution is -2.10. The van der Waals surface area contributed by atoms with E-state index in [4.69, 9.17) is 4.74 Å². The van der Waals surface area contributed by atoms with E-state index < -0.39 is 4.92 Å². The van der Waals surface area contributed by atoms with E-state index in [-0.39, 0.29) is 28.8 Å². The van der Waals surface area contributed by atoms with Crippen molar-refractivity contribution in [2.75, 3.05) is 5.32 Å². The Morgan fingerprint density at radius 1 is 1.32 bits per heavy atom. The predicted molar refractivity (Wildman–Crippen MR) is 65.4 cm³/mol. The van der Waals surface area contributed by atoms with Crippen molar-refractivity contribution in [3.63, 3.8) is 0 Å². The van der Waals surface area contributed by atoms with Crippen molar-refractivity contribution in [1.82, 2.24) is 4.98 Å². The zero-order valence-electron chi connectivity index (χ0n) is 9.49. The smallest absolute Gasteiger partial charge is 0.273 e. The maximum Gasteiger partial charge on any atom is 0.273 e. The molecular weight excluding hydrogens is 250 g/mol. The fourth-order valence-corrected chi connectivity index (χ4v) is 1.75. The summed E-state index contributed by atoms with van der Waals surface area (Å²) >= 11 is 0. The first kappa shape index (κ1) is 11.1. The van der Waals surface area contributed by atoms with Gasteiger partial charge in [0.2, 0.25) is 5.88 Å². The number of carbonyl (C=O) groups is 1. The van der Waals surface area contributed by atoms with Crippen molar-refractivity contribution < 1.29 is 14.5 Å². The topological polar surface area (TPSA) is 94.4 Å². The van der Waals surface area contributed by atoms with E-state index in [1.165, 1.54) is 24.4 Å². The van der Waals surface area contributed by atoms with Gasteiger partial charge in [0, 0.05) is 12.3 Å². The van der Waals surface area contributed by atoms with Gasteiger partial charge in [0.15, 0.2) is 5.75 Å². The van der Waals surface area contributed by atoms with Crippen LogP contribution in [0.15, 0.2) is 36.5 Å². The van der Waals surface area contributed by atoms with E-state index in [1.54, 1.807) is 12.1 Å². The summed E-state index contributed by atoms with van der Waals surface area (Å²) in [7, 11) is 0. The molecule has 2 aromatic rings. The Balaban J connectivity index is 2.14. The van der Waals surface area contributed by atoms with Gasteiger partial charge < -0.3 is 10.1 Å². The molecule has 1 aromatic heterocycles. The van der Waals surface area contributed by atoms with E-state index in [1.807, 2.05) is 0 Å². The standard InChI is InChI=1S/C12H7N3O4/c16-11-8-2-1-5-13-12(8)19-10-6-7(15(17)18)3-4-9(10)14-11/h1-6H,(H,14,16). The van der Waals surface area contributed by atoms with Crippen LogP contribution >= 0.6 is 0 Å². The average molecular weight is 257 g/mol. The quantitative estimate of drug-likeness (QED) is 0.625. The second-order valence-electron chi connectivity index (χ2n) is 3.85. The Labute approximate surface area is 107 Å². The molecule has 0 saturated carbocycles. The van der Waals surface area contributed by atoms with Crippen molar-refractivity contribution in [3.8, 4) is 11.6 Å². The average Bonchev–Trinajstić information content (AvgIpc) is 2.54. The zero-order chi connectivity index (χ0) is 13.4. The third kappa shape index (κ3) is 1.86. The number of hydrogen-bond donors (Lipinski definition) is 1. The van der Waals surface area contributed by atoms with Crippen LogP contribution in [0.1, 0.15) is 10.4 Å². The predicted octanol–water partition coefficient (Wildman–Crippen LogP) is 2.35. The Hall–Kier alpha value is -2.96. The summed E-state index contributed by atoms with van der Waals surface area (Å²) in [5, 5.41) is 13.3. The summed E-state index contributed by atoms with van der Waals surface area (Å²) in [6.07, 6.45) is 1.48. The Kier molecular flexibility index (Phi) is 2.38. The van der Waals surface area contributed by atoms with Gasteiger partial charge in [-0.15, -0.1) is 0 Å². The van der Waals surface area contributed by atoms with Crippen molar-refractivity contribution in [2.24, 2.45) is 0 Å². The number of benzene rings is 1. The summed E-state index contributed by atoms with van der Waals surface area (Å²) in [5.41, 5.74) is 0.530. The van der Waals surface area contributed by atoms with E-state index in [0.29, 0.717) is 5.69 Å². The highest BCUT2D eigenvalue weighted by Crippen LogP contribution is 2.36. The van der Waals surface area contributed by atoms with E-state index in [9.17, 15) is 14.9 Å². The number of amides is 1. The minimum atomic E-state index is -0.532. The van der Waals surface area contributed by atoms with Crippen LogP contribution in [0.2, 0.25) is 0 Å². The van der Waals surface area contributed by atoms with Crippen LogP contribution in [0.5, 0.6) is 11.6 Å². The van der Waals surface area contributed by atoms with Crippen LogP contribution in [0.4, 0.5) is 11.4 Å². The molecular formula is C12H7N3O4. The number of aromatic nitrogens is 1. The van der Waals surface area contributed by atoms with Gasteiger partial charge in [-0.25, -0.2) is 4.98 Å². The number of nitro benzene ring substituents is 1. The number of nitro groups is 1. The third-order valence-electron chi connectivity index (χ3n) is 2.65. The fraction of sp³-hybridized carbons (Fsp3) is 0. The molecule has 3 rings (SSSR count). The number of hydrogen-bond acceptors (Lipinski definition) is 5. The molecule has 0 saturated heterocycles. The minimum Gasteiger partial charge on any atom is -0.436 e. The second-order valence-corrected chi connectivity index (χ2v) is 3.85. The second kappa shape index (κ2) is 4.05. The number of non-ortho nitro benzene ring substituents is 1. The maximum atomic E-state index is 11.9. The molecule has 0 fully saturated rings. The molecule has 7 heteroatoms. The van der Waals surface area contributed by atoms with Gasteiger partial charge in [0.25, 0.3) is 11.6 Å². The molecule has 94 valence electrons. The van der Waals surface area contributed by atoms with E-state index in [0.717, 1.165) is 0 Å². The van der Waals surface area contributed by atoms with Gasteiger partial charge in [-0.2, -0.15) is 0 Å². The lowest BCUT2D eigenvalue weighted by Gasteiger charge is -2.05. The fourth-order valence-electron chi connectivity index (χ4n) is 1.75. The Bertz CT molecular complexity index is 699. The van der Waals surface area contributed by atoms with Crippen molar-refractivity contribution in [1.29, 1.82) is 0 Å². The zero-order valence-corrected chi connectivity index (χ0v) is 9.49. The van der Waals surface area contributed by atoms with Crippen LogP contribution in [-0.2, 0) is 0 Å². The number of ether oxygens (including phenoxy) is 1. The molecule has 0 unspecified atom stereocenters. The highest BCUT2D eigenvalue weighted by molar-refractivity contribution is 6.07. The first-order valence-corrected chi connectivity index (χ1v) is 5.38. The summed E-state index contributed by atoms with van der Waals surface area (Å²) < 4.78 is 5.46. The molecule has 0 radical (unpaired) electrons. The SMILES string of the molecule is O=C1Nc2ccc([N+](=O)[O-])cc2Oc2ncccc21. The molecule has 1 amide bonds. The molecule has 2 heterocycles. The molecule has 0 atom stereocenters. The number of carbonyl (C=O) groups excluding carboxylic acids is 1. The lowest BCUT2D eigenvalue weighted by atomic mass is 10.2. The number of nitrogens with one attached hydrogen (secondary N) is 1. The monoisotopic (exact) mass is 257 g/mol. The largest absolute Gasteiger partial charge is 0.436 e. The molecule has 1 aliphatic rings. The van der Waals surface area contributed by atoms with Gasteiger partial charge in [-0.05, 0) is 18.2 Å². The van der Waals surface area contributed by atoms with Gasteiger partial charge in [-0.1, -0.05) is 0 Å². The molecule has 1 aliphatic heterocycles. The summed E-state index contributed by atoms with van der Waals surface area (Å²) in [4.78, 5) is 26.1. The van der Waals surface area contributed by atoms with Crippen LogP contribution in [0, 0.1) is 10.1 Å². The number of anilines is 1. The highest BCUT2D eigenvalue weighted by Gasteiger charge is 2.23. The summed E-state index contributed by atoms with van der Waals surface area (Å²) in [5.74, 6) is -0.0463.